The molecule has 0 N–H and O–H groups in total. The predicted octanol–water partition coefficient (Wildman–Crippen LogP) is 1.36. The smallest absolute Gasteiger partial charge is 0.319 e. The normalized spacial score (nSPS) is 9.92. The molecule has 1 aromatic rings. The first-order valence-electron chi connectivity index (χ1n) is 3.20. The Labute approximate surface area is 79.9 Å². The fourth-order valence-electron chi connectivity index (χ4n) is 0.656. The van der Waals surface area contributed by atoms with Crippen LogP contribution in [0.5, 0.6) is 6.01 Å². The summed E-state index contributed by atoms with van der Waals surface area (Å²) >= 11 is 11.1. The largest absolute Gasteiger partial charge is 0.467 e. The molecule has 0 radical (unpaired) electrons. The van der Waals surface area contributed by atoms with E-state index >= 15 is 0 Å². The average molecular weight is 208 g/mol. The van der Waals surface area contributed by atoms with Gasteiger partial charge < -0.3 is 4.74 Å². The minimum absolute atomic E-state index is 0.225. The first kappa shape index (κ1) is 9.48. The molecule has 0 aliphatic carbocycles. The number of rotatable bonds is 3. The van der Waals surface area contributed by atoms with E-state index in [1.807, 2.05) is 0 Å². The molecule has 0 fully saturated rings. The van der Waals surface area contributed by atoms with E-state index in [2.05, 4.69) is 15.0 Å². The quantitative estimate of drug-likeness (QED) is 0.703. The van der Waals surface area contributed by atoms with E-state index < -0.39 is 0 Å². The number of halogens is 2. The van der Waals surface area contributed by atoms with Crippen LogP contribution in [0.2, 0.25) is 0 Å². The number of ether oxygens (including phenoxy) is 1. The second-order valence-corrected chi connectivity index (χ2v) is 2.46. The Balaban J connectivity index is 3.01. The topological polar surface area (TPSA) is 47.9 Å². The van der Waals surface area contributed by atoms with Gasteiger partial charge in [0, 0.05) is 0 Å². The molecule has 0 amide bonds. The standard InChI is InChI=1S/C6H7Cl2N3O/c1-12-6-10-4(2-7)9-5(3-8)11-6/h2-3H2,1H3. The van der Waals surface area contributed by atoms with Gasteiger partial charge in [-0.1, -0.05) is 0 Å². The van der Waals surface area contributed by atoms with Crippen molar-refractivity contribution >= 4 is 23.2 Å². The summed E-state index contributed by atoms with van der Waals surface area (Å²) in [6.07, 6.45) is 0. The molecule has 0 unspecified atom stereocenters. The lowest BCUT2D eigenvalue weighted by Crippen LogP contribution is -2.02. The molecule has 0 bridgehead atoms. The molecule has 1 aromatic heterocycles. The molecule has 0 saturated carbocycles. The third-order valence-corrected chi connectivity index (χ3v) is 1.61. The van der Waals surface area contributed by atoms with E-state index in [0.29, 0.717) is 11.6 Å². The van der Waals surface area contributed by atoms with Gasteiger partial charge >= 0.3 is 6.01 Å². The van der Waals surface area contributed by atoms with Crippen molar-refractivity contribution < 1.29 is 4.74 Å². The lowest BCUT2D eigenvalue weighted by molar-refractivity contribution is 0.374. The highest BCUT2D eigenvalue weighted by Crippen LogP contribution is 2.06. The van der Waals surface area contributed by atoms with E-state index in [1.165, 1.54) is 7.11 Å². The van der Waals surface area contributed by atoms with Crippen LogP contribution in [-0.2, 0) is 11.8 Å². The highest BCUT2D eigenvalue weighted by Gasteiger charge is 2.03. The summed E-state index contributed by atoms with van der Waals surface area (Å²) < 4.78 is 4.82. The monoisotopic (exact) mass is 207 g/mol. The zero-order valence-electron chi connectivity index (χ0n) is 6.42. The Morgan fingerprint density at radius 3 is 1.92 bits per heavy atom. The van der Waals surface area contributed by atoms with Crippen LogP contribution < -0.4 is 4.74 Å². The van der Waals surface area contributed by atoms with E-state index in [-0.39, 0.29) is 17.8 Å². The Morgan fingerprint density at radius 2 is 1.58 bits per heavy atom. The van der Waals surface area contributed by atoms with Crippen molar-refractivity contribution in [2.45, 2.75) is 11.8 Å². The van der Waals surface area contributed by atoms with Crippen molar-refractivity contribution in [3.63, 3.8) is 0 Å². The van der Waals surface area contributed by atoms with Crippen LogP contribution in [0.15, 0.2) is 0 Å². The molecule has 6 heteroatoms. The van der Waals surface area contributed by atoms with E-state index in [9.17, 15) is 0 Å². The molecule has 1 heterocycles. The van der Waals surface area contributed by atoms with E-state index in [0.717, 1.165) is 0 Å². The Hall–Kier alpha value is -0.610. The first-order chi connectivity index (χ1) is 5.80. The number of methoxy groups -OCH3 is 1. The van der Waals surface area contributed by atoms with Gasteiger partial charge in [0.1, 0.15) is 0 Å². The molecule has 0 saturated heterocycles. The molecule has 0 atom stereocenters. The molecular weight excluding hydrogens is 201 g/mol. The summed E-state index contributed by atoms with van der Waals surface area (Å²) in [5, 5.41) is 0. The van der Waals surface area contributed by atoms with Gasteiger partial charge in [0.05, 0.1) is 18.9 Å². The van der Waals surface area contributed by atoms with Crippen molar-refractivity contribution in [2.75, 3.05) is 7.11 Å². The Bertz CT molecular complexity index is 214. The summed E-state index contributed by atoms with van der Waals surface area (Å²) in [5.74, 6) is 1.39. The molecule has 0 spiro atoms. The van der Waals surface area contributed by atoms with Crippen LogP contribution in [0, 0.1) is 0 Å². The lowest BCUT2D eigenvalue weighted by atomic mass is 10.6. The summed E-state index contributed by atoms with van der Waals surface area (Å²) in [5.41, 5.74) is 0. The highest BCUT2D eigenvalue weighted by atomic mass is 35.5. The van der Waals surface area contributed by atoms with Crippen LogP contribution in [0.1, 0.15) is 11.6 Å². The zero-order valence-corrected chi connectivity index (χ0v) is 7.93. The minimum atomic E-state index is 0.225. The van der Waals surface area contributed by atoms with Gasteiger partial charge in [-0.25, -0.2) is 4.98 Å². The van der Waals surface area contributed by atoms with Crippen molar-refractivity contribution in [1.82, 2.24) is 15.0 Å². The van der Waals surface area contributed by atoms with Crippen molar-refractivity contribution in [3.05, 3.63) is 11.6 Å². The predicted molar refractivity (Wildman–Crippen MR) is 45.5 cm³/mol. The second-order valence-electron chi connectivity index (χ2n) is 1.92. The van der Waals surface area contributed by atoms with Gasteiger partial charge in [0.2, 0.25) is 0 Å². The zero-order chi connectivity index (χ0) is 8.97. The molecule has 0 aliphatic rings. The number of alkyl halides is 2. The first-order valence-corrected chi connectivity index (χ1v) is 4.26. The number of hydrogen-bond acceptors (Lipinski definition) is 4. The van der Waals surface area contributed by atoms with E-state index in [4.69, 9.17) is 27.9 Å². The Kier molecular flexibility index (Phi) is 3.49. The fraction of sp³-hybridized carbons (Fsp3) is 0.500. The number of aromatic nitrogens is 3. The summed E-state index contributed by atoms with van der Waals surface area (Å²) in [6, 6.07) is 0.247. The van der Waals surface area contributed by atoms with Gasteiger partial charge in [-0.05, 0) is 0 Å². The van der Waals surface area contributed by atoms with Crippen LogP contribution in [0.4, 0.5) is 0 Å². The van der Waals surface area contributed by atoms with Gasteiger partial charge in [0.25, 0.3) is 0 Å². The maximum Gasteiger partial charge on any atom is 0.319 e. The second kappa shape index (κ2) is 4.42. The maximum absolute atomic E-state index is 5.53. The molecule has 0 aromatic carbocycles. The summed E-state index contributed by atoms with van der Waals surface area (Å²) in [6.45, 7) is 0. The van der Waals surface area contributed by atoms with Crippen molar-refractivity contribution in [2.24, 2.45) is 0 Å². The fourth-order valence-corrected chi connectivity index (χ4v) is 0.895. The van der Waals surface area contributed by atoms with Crippen LogP contribution in [0.3, 0.4) is 0 Å². The Morgan fingerprint density at radius 1 is 1.08 bits per heavy atom. The summed E-state index contributed by atoms with van der Waals surface area (Å²) in [4.78, 5) is 11.7. The van der Waals surface area contributed by atoms with Gasteiger partial charge in [-0.3, -0.25) is 0 Å². The SMILES string of the molecule is COc1nc(CCl)nc(CCl)n1. The molecule has 12 heavy (non-hydrogen) atoms. The maximum atomic E-state index is 5.53. The molecule has 1 rings (SSSR count). The lowest BCUT2D eigenvalue weighted by Gasteiger charge is -2.01. The van der Waals surface area contributed by atoms with E-state index in [1.54, 1.807) is 0 Å². The van der Waals surface area contributed by atoms with Gasteiger partial charge in [0.15, 0.2) is 11.6 Å². The molecular formula is C6H7Cl2N3O. The highest BCUT2D eigenvalue weighted by molar-refractivity contribution is 6.17. The van der Waals surface area contributed by atoms with Crippen molar-refractivity contribution in [3.8, 4) is 6.01 Å². The van der Waals surface area contributed by atoms with Gasteiger partial charge in [-0.2, -0.15) is 9.97 Å². The van der Waals surface area contributed by atoms with Crippen LogP contribution in [-0.4, -0.2) is 22.1 Å². The number of hydrogen-bond donors (Lipinski definition) is 0. The third kappa shape index (κ3) is 2.19. The van der Waals surface area contributed by atoms with Crippen molar-refractivity contribution in [1.29, 1.82) is 0 Å². The van der Waals surface area contributed by atoms with Crippen LogP contribution >= 0.6 is 23.2 Å². The minimum Gasteiger partial charge on any atom is -0.467 e. The third-order valence-electron chi connectivity index (χ3n) is 1.13. The van der Waals surface area contributed by atoms with Crippen LogP contribution in [0.25, 0.3) is 0 Å². The molecule has 0 aliphatic heterocycles. The molecule has 4 nitrogen and oxygen atoms in total. The van der Waals surface area contributed by atoms with Gasteiger partial charge in [-0.15, -0.1) is 23.2 Å². The number of nitrogens with zero attached hydrogens (tertiary/aromatic N) is 3. The summed E-state index contributed by atoms with van der Waals surface area (Å²) in [7, 11) is 1.48. The average Bonchev–Trinajstić information content (AvgIpc) is 2.16. The molecule has 66 valence electrons.